The Morgan fingerprint density at radius 2 is 2.00 bits per heavy atom. The van der Waals surface area contributed by atoms with Gasteiger partial charge in [-0.2, -0.15) is 0 Å². The zero-order valence-corrected chi connectivity index (χ0v) is 15.1. The number of nitrogens with zero attached hydrogens (tertiary/aromatic N) is 2. The summed E-state index contributed by atoms with van der Waals surface area (Å²) in [4.78, 5) is 23.0. The first kappa shape index (κ1) is 18.1. The van der Waals surface area contributed by atoms with Gasteiger partial charge in [0.25, 0.3) is 0 Å². The number of aromatic amines is 1. The van der Waals surface area contributed by atoms with Crippen LogP contribution in [0.2, 0.25) is 0 Å². The van der Waals surface area contributed by atoms with Crippen LogP contribution in [-0.2, 0) is 4.79 Å². The van der Waals surface area contributed by atoms with Gasteiger partial charge in [-0.05, 0) is 31.9 Å². The average Bonchev–Trinajstić information content (AvgIpc) is 2.99. The summed E-state index contributed by atoms with van der Waals surface area (Å²) in [5.74, 6) is -1.62. The lowest BCUT2D eigenvalue weighted by Gasteiger charge is -2.35. The van der Waals surface area contributed by atoms with E-state index >= 15 is 0 Å². The number of H-pyrrole nitrogens is 1. The molecule has 0 unspecified atom stereocenters. The van der Waals surface area contributed by atoms with E-state index in [2.05, 4.69) is 25.6 Å². The normalized spacial score (nSPS) is 18.7. The van der Waals surface area contributed by atoms with Crippen LogP contribution < -0.4 is 10.6 Å². The SMILES string of the molecule is CCNC(=O)C1CC(Nc2nc(-c3c(F)cccc3F)nc3c[nH]c(O)c23)C1. The van der Waals surface area contributed by atoms with Gasteiger partial charge in [0.15, 0.2) is 5.82 Å². The van der Waals surface area contributed by atoms with Gasteiger partial charge in [-0.25, -0.2) is 18.7 Å². The number of hydrogen-bond acceptors (Lipinski definition) is 5. The molecule has 0 atom stereocenters. The molecule has 0 radical (unpaired) electrons. The van der Waals surface area contributed by atoms with E-state index in [0.717, 1.165) is 12.1 Å². The summed E-state index contributed by atoms with van der Waals surface area (Å²) in [7, 11) is 0. The summed E-state index contributed by atoms with van der Waals surface area (Å²) in [6.07, 6.45) is 2.65. The lowest BCUT2D eigenvalue weighted by Crippen LogP contribution is -2.44. The molecule has 1 saturated carbocycles. The fraction of sp³-hybridized carbons (Fsp3) is 0.316. The molecular weight excluding hydrogens is 368 g/mol. The highest BCUT2D eigenvalue weighted by molar-refractivity contribution is 5.95. The van der Waals surface area contributed by atoms with E-state index in [4.69, 9.17) is 0 Å². The number of fused-ring (bicyclic) bond motifs is 1. The highest BCUT2D eigenvalue weighted by Crippen LogP contribution is 2.36. The van der Waals surface area contributed by atoms with Crippen molar-refractivity contribution >= 4 is 22.6 Å². The Morgan fingerprint density at radius 1 is 1.29 bits per heavy atom. The summed E-state index contributed by atoms with van der Waals surface area (Å²) in [6.45, 7) is 2.44. The lowest BCUT2D eigenvalue weighted by molar-refractivity contribution is -0.127. The summed E-state index contributed by atoms with van der Waals surface area (Å²) >= 11 is 0. The third kappa shape index (κ3) is 3.12. The van der Waals surface area contributed by atoms with Crippen LogP contribution in [0.25, 0.3) is 22.3 Å². The number of anilines is 1. The summed E-state index contributed by atoms with van der Waals surface area (Å²) in [6, 6.07) is 3.50. The van der Waals surface area contributed by atoms with Gasteiger partial charge in [-0.15, -0.1) is 0 Å². The monoisotopic (exact) mass is 387 g/mol. The smallest absolute Gasteiger partial charge is 0.223 e. The maximum atomic E-state index is 14.2. The molecule has 146 valence electrons. The molecule has 3 aromatic rings. The molecule has 9 heteroatoms. The lowest BCUT2D eigenvalue weighted by atomic mass is 9.79. The van der Waals surface area contributed by atoms with Gasteiger partial charge in [0, 0.05) is 24.7 Å². The molecule has 28 heavy (non-hydrogen) atoms. The van der Waals surface area contributed by atoms with E-state index in [1.165, 1.54) is 12.3 Å². The predicted molar refractivity (Wildman–Crippen MR) is 99.7 cm³/mol. The van der Waals surface area contributed by atoms with Gasteiger partial charge in [0.2, 0.25) is 11.8 Å². The van der Waals surface area contributed by atoms with E-state index in [0.29, 0.717) is 30.3 Å². The van der Waals surface area contributed by atoms with Crippen molar-refractivity contribution in [1.29, 1.82) is 0 Å². The first-order valence-electron chi connectivity index (χ1n) is 9.04. The van der Waals surface area contributed by atoms with Crippen LogP contribution in [0.3, 0.4) is 0 Å². The van der Waals surface area contributed by atoms with E-state index in [9.17, 15) is 18.7 Å². The second-order valence-corrected chi connectivity index (χ2v) is 6.79. The van der Waals surface area contributed by atoms with Gasteiger partial charge in [0.1, 0.15) is 22.8 Å². The largest absolute Gasteiger partial charge is 0.494 e. The Balaban J connectivity index is 1.66. The van der Waals surface area contributed by atoms with Crippen LogP contribution in [0.15, 0.2) is 24.4 Å². The van der Waals surface area contributed by atoms with Crippen molar-refractivity contribution in [2.24, 2.45) is 5.92 Å². The van der Waals surface area contributed by atoms with Crippen molar-refractivity contribution in [3.8, 4) is 17.3 Å². The van der Waals surface area contributed by atoms with Crippen LogP contribution in [-0.4, -0.2) is 38.6 Å². The number of nitrogens with one attached hydrogen (secondary N) is 3. The number of hydrogen-bond donors (Lipinski definition) is 4. The zero-order valence-electron chi connectivity index (χ0n) is 15.1. The van der Waals surface area contributed by atoms with Crippen LogP contribution in [0.1, 0.15) is 19.8 Å². The number of amides is 1. The molecule has 4 N–H and O–H groups in total. The molecule has 1 aromatic carbocycles. The van der Waals surface area contributed by atoms with Crippen LogP contribution in [0, 0.1) is 17.6 Å². The van der Waals surface area contributed by atoms with Crippen molar-refractivity contribution in [2.75, 3.05) is 11.9 Å². The first-order chi connectivity index (χ1) is 13.5. The summed E-state index contributed by atoms with van der Waals surface area (Å²) in [5, 5.41) is 16.4. The Kier molecular flexibility index (Phi) is 4.58. The molecule has 0 saturated heterocycles. The van der Waals surface area contributed by atoms with Crippen LogP contribution >= 0.6 is 0 Å². The van der Waals surface area contributed by atoms with Crippen molar-refractivity contribution in [3.63, 3.8) is 0 Å². The zero-order chi connectivity index (χ0) is 19.8. The fourth-order valence-electron chi connectivity index (χ4n) is 3.41. The molecule has 2 heterocycles. The number of carbonyl (C=O) groups excluding carboxylic acids is 1. The number of benzene rings is 1. The first-order valence-corrected chi connectivity index (χ1v) is 9.04. The molecule has 0 aliphatic heterocycles. The molecule has 4 rings (SSSR count). The topological polar surface area (TPSA) is 103 Å². The van der Waals surface area contributed by atoms with E-state index in [1.807, 2.05) is 6.92 Å². The predicted octanol–water partition coefficient (Wildman–Crippen LogP) is 2.94. The number of aromatic hydroxyl groups is 1. The molecular formula is C19H19F2N5O2. The minimum absolute atomic E-state index is 0.00647. The Morgan fingerprint density at radius 3 is 2.68 bits per heavy atom. The molecule has 1 fully saturated rings. The molecule has 0 spiro atoms. The van der Waals surface area contributed by atoms with E-state index in [1.54, 1.807) is 0 Å². The number of halogens is 2. The summed E-state index contributed by atoms with van der Waals surface area (Å²) in [5.41, 5.74) is -0.00537. The van der Waals surface area contributed by atoms with Crippen LogP contribution in [0.5, 0.6) is 5.88 Å². The molecule has 2 aromatic heterocycles. The van der Waals surface area contributed by atoms with E-state index < -0.39 is 11.6 Å². The van der Waals surface area contributed by atoms with Gasteiger partial charge < -0.3 is 20.7 Å². The fourth-order valence-corrected chi connectivity index (χ4v) is 3.41. The number of carbonyl (C=O) groups is 1. The van der Waals surface area contributed by atoms with Crippen molar-refractivity contribution in [1.82, 2.24) is 20.3 Å². The van der Waals surface area contributed by atoms with Gasteiger partial charge in [0.05, 0.1) is 11.1 Å². The van der Waals surface area contributed by atoms with Crippen LogP contribution in [0.4, 0.5) is 14.6 Å². The Bertz CT molecular complexity index is 1030. The minimum Gasteiger partial charge on any atom is -0.494 e. The second-order valence-electron chi connectivity index (χ2n) is 6.79. The number of rotatable bonds is 5. The Labute approximate surface area is 159 Å². The van der Waals surface area contributed by atoms with E-state index in [-0.39, 0.29) is 41.0 Å². The minimum atomic E-state index is -0.773. The van der Waals surface area contributed by atoms with Crippen molar-refractivity contribution < 1.29 is 18.7 Å². The van der Waals surface area contributed by atoms with Gasteiger partial charge in [-0.3, -0.25) is 4.79 Å². The van der Waals surface area contributed by atoms with Gasteiger partial charge >= 0.3 is 0 Å². The quantitative estimate of drug-likeness (QED) is 0.539. The number of aromatic nitrogens is 3. The molecule has 1 amide bonds. The van der Waals surface area contributed by atoms with Crippen molar-refractivity contribution in [3.05, 3.63) is 36.0 Å². The van der Waals surface area contributed by atoms with Crippen molar-refractivity contribution in [2.45, 2.75) is 25.8 Å². The highest BCUT2D eigenvalue weighted by Gasteiger charge is 2.35. The molecule has 0 bridgehead atoms. The summed E-state index contributed by atoms with van der Waals surface area (Å²) < 4.78 is 28.4. The molecule has 1 aliphatic rings. The standard InChI is InChI=1S/C19H19F2N5O2/c1-2-22-18(27)9-6-10(7-9)24-17-15-13(8-23-19(15)28)25-16(26-17)14-11(20)4-3-5-12(14)21/h3-5,8-10,23,28H,2,6-7H2,1H3,(H,22,27)(H,24,25,26). The maximum absolute atomic E-state index is 14.2. The molecule has 1 aliphatic carbocycles. The third-order valence-electron chi connectivity index (χ3n) is 4.91. The third-order valence-corrected chi connectivity index (χ3v) is 4.91. The van der Waals surface area contributed by atoms with Gasteiger partial charge in [-0.1, -0.05) is 6.07 Å². The highest BCUT2D eigenvalue weighted by atomic mass is 19.1. The maximum Gasteiger partial charge on any atom is 0.223 e. The second kappa shape index (κ2) is 7.06. The molecule has 7 nitrogen and oxygen atoms in total. The Hall–Kier alpha value is -3.23. The average molecular weight is 387 g/mol.